The number of fused-ring (bicyclic) bond motifs is 13. The molecule has 0 saturated carbocycles. The van der Waals surface area contributed by atoms with Crippen LogP contribution in [0.1, 0.15) is 25.0 Å². The van der Waals surface area contributed by atoms with Gasteiger partial charge in [0.25, 0.3) is 0 Å². The Bertz CT molecular complexity index is 5630. The van der Waals surface area contributed by atoms with E-state index in [1.54, 1.807) is 0 Å². The third kappa shape index (κ3) is 7.92. The Morgan fingerprint density at radius 3 is 1.30 bits per heavy atom. The van der Waals surface area contributed by atoms with E-state index >= 15 is 0 Å². The Kier molecular flexibility index (Phi) is 11.5. The van der Waals surface area contributed by atoms with Crippen molar-refractivity contribution in [2.24, 2.45) is 0 Å². The van der Waals surface area contributed by atoms with Gasteiger partial charge in [-0.15, -0.1) is 0 Å². The molecule has 0 saturated heterocycles. The summed E-state index contributed by atoms with van der Waals surface area (Å²) < 4.78 is 7.22. The first-order valence-electron chi connectivity index (χ1n) is 30.9. The molecule has 0 atom stereocenters. The topological polar surface area (TPSA) is 47.1 Å². The largest absolute Gasteiger partial charge is 0.310 e. The quantitative estimate of drug-likeness (QED) is 0.137. The summed E-state index contributed by atoms with van der Waals surface area (Å²) in [6, 6.07) is 112. The maximum atomic E-state index is 5.85. The molecule has 0 radical (unpaired) electrons. The first kappa shape index (κ1) is 51.4. The van der Waals surface area contributed by atoms with Crippen molar-refractivity contribution in [3.8, 4) is 39.7 Å². The number of hydrogen-bond donors (Lipinski definition) is 0. The van der Waals surface area contributed by atoms with Crippen molar-refractivity contribution in [1.29, 1.82) is 0 Å². The number of hydrogen-bond acceptors (Lipinski definition) is 4. The Labute approximate surface area is 520 Å². The van der Waals surface area contributed by atoms with E-state index < -0.39 is 0 Å². The molecule has 0 bridgehead atoms. The standard InChI is InChI=1S/C83H57N7/c1-83(2)72-38-19-15-34-63(72)67-53-80-70(52-73(67)83)66-37-17-21-40-76(66)89(80)59-33-23-24-54(48-59)81-84-74-45-42-62(88-75-39-20-16-35-64(75)68-49-60(43-46-78(68)88)86(55-25-7-3-8-26-55)56-27-9-4-10-28-56)51-71(74)82(85-81)90-77-41-22-18-36-65(77)69-50-61(44-47-79(69)90)87(57-29-11-5-12-30-57)58-31-13-6-14-32-58/h3-53H,1-2H3. The fraction of sp³-hybridized carbons (Fsp3) is 0.0361. The summed E-state index contributed by atoms with van der Waals surface area (Å²) >= 11 is 0. The second-order valence-electron chi connectivity index (χ2n) is 24.2. The SMILES string of the molecule is CC1(C)c2ccccc2-c2cc3c(cc21)c1ccccc1n3-c1cccc(-c2nc(-n3c4ccccc4c4cc(N(c5ccccc5)c5ccccc5)ccc43)c3cc(-n4c5ccccc5c5cc(N(c6ccccc6)c6ccccc6)ccc54)ccc3n2)c1. The molecule has 0 spiro atoms. The molecule has 4 aromatic heterocycles. The molecule has 0 amide bonds. The molecular weight excluding hydrogens is 1090 g/mol. The van der Waals surface area contributed by atoms with Crippen LogP contribution < -0.4 is 9.80 Å². The number of benzene rings is 13. The maximum absolute atomic E-state index is 5.85. The highest BCUT2D eigenvalue weighted by Gasteiger charge is 2.36. The van der Waals surface area contributed by atoms with Crippen LogP contribution in [0.15, 0.2) is 309 Å². The zero-order chi connectivity index (χ0) is 59.6. The van der Waals surface area contributed by atoms with Crippen LogP contribution in [0.3, 0.4) is 0 Å². The Hall–Kier alpha value is -11.8. The van der Waals surface area contributed by atoms with Crippen molar-refractivity contribution >= 4 is 110 Å². The number of nitrogens with zero attached hydrogens (tertiary/aromatic N) is 7. The molecule has 7 nitrogen and oxygen atoms in total. The minimum absolute atomic E-state index is 0.125. The average Bonchev–Trinajstić information content (AvgIpc) is 1.57. The van der Waals surface area contributed by atoms with E-state index in [2.05, 4.69) is 347 Å². The minimum Gasteiger partial charge on any atom is -0.310 e. The van der Waals surface area contributed by atoms with Crippen molar-refractivity contribution in [1.82, 2.24) is 23.7 Å². The van der Waals surface area contributed by atoms with Gasteiger partial charge in [0.2, 0.25) is 0 Å². The van der Waals surface area contributed by atoms with Gasteiger partial charge in [-0.3, -0.25) is 4.57 Å². The van der Waals surface area contributed by atoms with Crippen LogP contribution in [0.25, 0.3) is 116 Å². The van der Waals surface area contributed by atoms with E-state index in [1.807, 2.05) is 0 Å². The van der Waals surface area contributed by atoms with Crippen molar-refractivity contribution in [2.75, 3.05) is 9.80 Å². The fourth-order valence-corrected chi connectivity index (χ4v) is 14.7. The summed E-state index contributed by atoms with van der Waals surface area (Å²) in [6.45, 7) is 4.72. The summed E-state index contributed by atoms with van der Waals surface area (Å²) in [4.78, 5) is 16.1. The molecule has 0 fully saturated rings. The highest BCUT2D eigenvalue weighted by Crippen LogP contribution is 2.52. The third-order valence-electron chi connectivity index (χ3n) is 18.8. The molecule has 7 heteroatoms. The molecule has 4 heterocycles. The van der Waals surface area contributed by atoms with E-state index in [0.29, 0.717) is 5.82 Å². The predicted octanol–water partition coefficient (Wildman–Crippen LogP) is 21.8. The van der Waals surface area contributed by atoms with Gasteiger partial charge in [0.1, 0.15) is 5.82 Å². The number of aromatic nitrogens is 5. The van der Waals surface area contributed by atoms with E-state index in [9.17, 15) is 0 Å². The summed E-state index contributed by atoms with van der Waals surface area (Å²) in [5.74, 6) is 1.43. The minimum atomic E-state index is -0.125. The number of anilines is 6. The van der Waals surface area contributed by atoms with E-state index in [4.69, 9.17) is 9.97 Å². The van der Waals surface area contributed by atoms with Gasteiger partial charge in [-0.2, -0.15) is 0 Å². The number of para-hydroxylation sites is 7. The molecule has 18 rings (SSSR count). The van der Waals surface area contributed by atoms with E-state index in [1.165, 1.54) is 43.9 Å². The van der Waals surface area contributed by atoms with E-state index in [-0.39, 0.29) is 5.41 Å². The fourth-order valence-electron chi connectivity index (χ4n) is 14.7. The summed E-state index contributed by atoms with van der Waals surface area (Å²) in [6.07, 6.45) is 0. The average molecular weight is 1150 g/mol. The molecular formula is C83H57N7. The van der Waals surface area contributed by atoms with Gasteiger partial charge in [-0.05, 0) is 168 Å². The van der Waals surface area contributed by atoms with Gasteiger partial charge >= 0.3 is 0 Å². The first-order chi connectivity index (χ1) is 44.4. The highest BCUT2D eigenvalue weighted by molar-refractivity contribution is 6.14. The maximum Gasteiger partial charge on any atom is 0.162 e. The summed E-state index contributed by atoms with van der Waals surface area (Å²) in [5.41, 5.74) is 22.1. The zero-order valence-corrected chi connectivity index (χ0v) is 49.6. The lowest BCUT2D eigenvalue weighted by molar-refractivity contribution is 0.661. The van der Waals surface area contributed by atoms with Crippen molar-refractivity contribution in [3.63, 3.8) is 0 Å². The van der Waals surface area contributed by atoms with Crippen LogP contribution in [0.4, 0.5) is 34.1 Å². The smallest absolute Gasteiger partial charge is 0.162 e. The van der Waals surface area contributed by atoms with Gasteiger partial charge in [0.05, 0.1) is 38.6 Å². The monoisotopic (exact) mass is 1150 g/mol. The Balaban J connectivity index is 0.858. The van der Waals surface area contributed by atoms with Gasteiger partial charge in [0.15, 0.2) is 5.82 Å². The van der Waals surface area contributed by atoms with Crippen LogP contribution in [0.5, 0.6) is 0 Å². The second kappa shape index (κ2) is 20.1. The molecule has 0 N–H and O–H groups in total. The lowest BCUT2D eigenvalue weighted by atomic mass is 9.82. The van der Waals surface area contributed by atoms with Gasteiger partial charge in [-0.1, -0.05) is 178 Å². The highest BCUT2D eigenvalue weighted by atomic mass is 15.2. The van der Waals surface area contributed by atoms with Crippen molar-refractivity contribution in [3.05, 3.63) is 321 Å². The Morgan fingerprint density at radius 2 is 0.733 bits per heavy atom. The van der Waals surface area contributed by atoms with Crippen molar-refractivity contribution in [2.45, 2.75) is 19.3 Å². The van der Waals surface area contributed by atoms with Crippen LogP contribution in [-0.2, 0) is 5.41 Å². The first-order valence-corrected chi connectivity index (χ1v) is 30.9. The normalized spacial score (nSPS) is 12.6. The van der Waals surface area contributed by atoms with Crippen LogP contribution in [-0.4, -0.2) is 23.7 Å². The number of rotatable bonds is 10. The molecule has 0 unspecified atom stereocenters. The van der Waals surface area contributed by atoms with Gasteiger partial charge in [-0.25, -0.2) is 9.97 Å². The lowest BCUT2D eigenvalue weighted by Gasteiger charge is -2.25. The molecule has 90 heavy (non-hydrogen) atoms. The molecule has 0 aliphatic heterocycles. The molecule has 1 aliphatic rings. The van der Waals surface area contributed by atoms with Crippen LogP contribution >= 0.6 is 0 Å². The third-order valence-corrected chi connectivity index (χ3v) is 18.8. The van der Waals surface area contributed by atoms with Gasteiger partial charge in [0, 0.05) is 94.2 Å². The van der Waals surface area contributed by atoms with Crippen LogP contribution in [0.2, 0.25) is 0 Å². The molecule has 1 aliphatic carbocycles. The second-order valence-corrected chi connectivity index (χ2v) is 24.2. The van der Waals surface area contributed by atoms with Crippen LogP contribution in [0, 0.1) is 0 Å². The summed E-state index contributed by atoms with van der Waals surface area (Å²) in [5, 5.41) is 7.97. The van der Waals surface area contributed by atoms with E-state index in [0.717, 1.165) is 112 Å². The molecule has 13 aromatic carbocycles. The van der Waals surface area contributed by atoms with Crippen molar-refractivity contribution < 1.29 is 0 Å². The summed E-state index contributed by atoms with van der Waals surface area (Å²) in [7, 11) is 0. The van der Waals surface area contributed by atoms with Gasteiger partial charge < -0.3 is 18.9 Å². The predicted molar refractivity (Wildman–Crippen MR) is 375 cm³/mol. The molecule has 424 valence electrons. The molecule has 17 aromatic rings. The Morgan fingerprint density at radius 1 is 0.278 bits per heavy atom. The lowest BCUT2D eigenvalue weighted by Crippen LogP contribution is -2.14. The zero-order valence-electron chi connectivity index (χ0n) is 49.6.